The molecule has 0 spiro atoms. The number of carbonyl (C=O) groups excluding carboxylic acids is 3. The Balaban J connectivity index is 1.62. The van der Waals surface area contributed by atoms with E-state index in [4.69, 9.17) is 5.73 Å². The molecule has 1 aliphatic rings. The monoisotopic (exact) mass is 432 g/mol. The van der Waals surface area contributed by atoms with Crippen LogP contribution in [0.1, 0.15) is 32.9 Å². The molecule has 3 N–H and O–H groups in total. The number of benzene rings is 2. The minimum Gasteiger partial charge on any atom is -0.366 e. The Bertz CT molecular complexity index is 1270. The molecule has 0 atom stereocenters. The summed E-state index contributed by atoms with van der Waals surface area (Å²) in [6.07, 6.45) is 1.61. The zero-order valence-electron chi connectivity index (χ0n) is 17.6. The first kappa shape index (κ1) is 21.0. The molecule has 1 aliphatic heterocycles. The van der Waals surface area contributed by atoms with Crippen molar-refractivity contribution >= 4 is 23.9 Å². The van der Waals surface area contributed by atoms with Crippen LogP contribution in [-0.2, 0) is 11.3 Å². The largest absolute Gasteiger partial charge is 0.366 e. The van der Waals surface area contributed by atoms with Gasteiger partial charge in [0, 0.05) is 28.2 Å². The Morgan fingerprint density at radius 1 is 1.09 bits per heavy atom. The maximum Gasteiger partial charge on any atom is 0.329 e. The van der Waals surface area contributed by atoms with Crippen molar-refractivity contribution < 1.29 is 18.8 Å². The highest BCUT2D eigenvalue weighted by Gasteiger charge is 2.34. The number of urea groups is 1. The first-order valence-corrected chi connectivity index (χ1v) is 9.93. The third kappa shape index (κ3) is 3.78. The lowest BCUT2D eigenvalue weighted by Crippen LogP contribution is -2.30. The number of carbonyl (C=O) groups is 3. The van der Waals surface area contributed by atoms with Crippen LogP contribution in [0.15, 0.2) is 60.3 Å². The van der Waals surface area contributed by atoms with Crippen LogP contribution in [0.3, 0.4) is 0 Å². The van der Waals surface area contributed by atoms with E-state index >= 15 is 0 Å². The molecule has 162 valence electrons. The summed E-state index contributed by atoms with van der Waals surface area (Å²) in [5.41, 5.74) is 9.42. The van der Waals surface area contributed by atoms with Crippen molar-refractivity contribution in [1.29, 1.82) is 0 Å². The molecular formula is C24H21FN4O3. The van der Waals surface area contributed by atoms with E-state index in [0.717, 1.165) is 27.5 Å². The summed E-state index contributed by atoms with van der Waals surface area (Å²) in [7, 11) is 0. The van der Waals surface area contributed by atoms with Gasteiger partial charge in [0.2, 0.25) is 5.91 Å². The number of imide groups is 1. The SMILES string of the molecule is Cc1cc(/C=C2/NC(=O)N(Cc3ccccc3F)C2=O)c(C)n1-c1ccc(C(N)=O)cc1. The van der Waals surface area contributed by atoms with E-state index in [2.05, 4.69) is 5.32 Å². The minimum atomic E-state index is -0.597. The molecule has 1 fully saturated rings. The van der Waals surface area contributed by atoms with Crippen molar-refractivity contribution in [3.8, 4) is 5.69 Å². The van der Waals surface area contributed by atoms with Gasteiger partial charge in [-0.1, -0.05) is 18.2 Å². The molecule has 0 unspecified atom stereocenters. The lowest BCUT2D eigenvalue weighted by Gasteiger charge is -2.12. The fourth-order valence-electron chi connectivity index (χ4n) is 3.77. The number of nitrogens with two attached hydrogens (primary N) is 1. The molecule has 2 heterocycles. The molecule has 0 bridgehead atoms. The topological polar surface area (TPSA) is 97.4 Å². The second kappa shape index (κ2) is 8.14. The van der Waals surface area contributed by atoms with E-state index in [-0.39, 0.29) is 17.8 Å². The maximum absolute atomic E-state index is 14.0. The van der Waals surface area contributed by atoms with E-state index in [1.165, 1.54) is 12.1 Å². The van der Waals surface area contributed by atoms with Crippen LogP contribution in [-0.4, -0.2) is 27.3 Å². The highest BCUT2D eigenvalue weighted by atomic mass is 19.1. The van der Waals surface area contributed by atoms with Gasteiger partial charge in [-0.3, -0.25) is 14.5 Å². The van der Waals surface area contributed by atoms with Crippen molar-refractivity contribution in [2.45, 2.75) is 20.4 Å². The summed E-state index contributed by atoms with van der Waals surface area (Å²) in [6.45, 7) is 3.65. The van der Waals surface area contributed by atoms with Gasteiger partial charge in [-0.15, -0.1) is 0 Å². The molecule has 0 radical (unpaired) electrons. The van der Waals surface area contributed by atoms with Crippen molar-refractivity contribution in [3.05, 3.63) is 94.2 Å². The zero-order valence-corrected chi connectivity index (χ0v) is 17.6. The van der Waals surface area contributed by atoms with Crippen LogP contribution >= 0.6 is 0 Å². The summed E-state index contributed by atoms with van der Waals surface area (Å²) in [5.74, 6) is -1.50. The molecule has 3 aromatic rings. The highest BCUT2D eigenvalue weighted by molar-refractivity contribution is 6.14. The number of hydrogen-bond donors (Lipinski definition) is 2. The quantitative estimate of drug-likeness (QED) is 0.477. The van der Waals surface area contributed by atoms with E-state index in [1.54, 1.807) is 42.5 Å². The van der Waals surface area contributed by atoms with Gasteiger partial charge in [-0.05, 0) is 61.9 Å². The smallest absolute Gasteiger partial charge is 0.329 e. The molecule has 4 amide bonds. The average molecular weight is 432 g/mol. The molecule has 1 aromatic heterocycles. The second-order valence-electron chi connectivity index (χ2n) is 7.54. The van der Waals surface area contributed by atoms with Crippen LogP contribution in [0, 0.1) is 19.7 Å². The number of nitrogens with zero attached hydrogens (tertiary/aromatic N) is 2. The van der Waals surface area contributed by atoms with Gasteiger partial charge >= 0.3 is 6.03 Å². The number of aromatic nitrogens is 1. The molecule has 4 rings (SSSR count). The summed E-state index contributed by atoms with van der Waals surface area (Å²) < 4.78 is 15.9. The molecule has 32 heavy (non-hydrogen) atoms. The van der Waals surface area contributed by atoms with E-state index in [0.29, 0.717) is 5.56 Å². The molecule has 2 aromatic carbocycles. The van der Waals surface area contributed by atoms with Crippen LogP contribution < -0.4 is 11.1 Å². The first-order valence-electron chi connectivity index (χ1n) is 9.93. The van der Waals surface area contributed by atoms with Gasteiger partial charge in [0.25, 0.3) is 5.91 Å². The van der Waals surface area contributed by atoms with E-state index in [1.807, 2.05) is 24.5 Å². The lowest BCUT2D eigenvalue weighted by atomic mass is 10.2. The van der Waals surface area contributed by atoms with Gasteiger partial charge in [0.15, 0.2) is 0 Å². The third-order valence-electron chi connectivity index (χ3n) is 5.43. The summed E-state index contributed by atoms with van der Waals surface area (Å²) in [5, 5.41) is 2.57. The second-order valence-corrected chi connectivity index (χ2v) is 7.54. The van der Waals surface area contributed by atoms with Crippen LogP contribution in [0.2, 0.25) is 0 Å². The van der Waals surface area contributed by atoms with Crippen LogP contribution in [0.5, 0.6) is 0 Å². The van der Waals surface area contributed by atoms with Crippen molar-refractivity contribution in [2.75, 3.05) is 0 Å². The number of halogens is 1. The predicted molar refractivity (Wildman–Crippen MR) is 117 cm³/mol. The standard InChI is InChI=1S/C24H21FN4O3/c1-14-11-18(15(2)29(14)19-9-7-16(8-10-19)22(26)30)12-21-23(31)28(24(32)27-21)13-17-5-3-4-6-20(17)25/h3-12H,13H2,1-2H3,(H2,26,30)(H,27,32)/b21-12+. The summed E-state index contributed by atoms with van der Waals surface area (Å²) >= 11 is 0. The van der Waals surface area contributed by atoms with Gasteiger partial charge < -0.3 is 15.6 Å². The van der Waals surface area contributed by atoms with E-state index in [9.17, 15) is 18.8 Å². The maximum atomic E-state index is 14.0. The molecular weight excluding hydrogens is 411 g/mol. The molecule has 0 saturated carbocycles. The van der Waals surface area contributed by atoms with Gasteiger partial charge in [-0.2, -0.15) is 0 Å². The van der Waals surface area contributed by atoms with Gasteiger partial charge in [-0.25, -0.2) is 9.18 Å². The number of hydrogen-bond acceptors (Lipinski definition) is 3. The van der Waals surface area contributed by atoms with Crippen LogP contribution in [0.25, 0.3) is 11.8 Å². The van der Waals surface area contributed by atoms with Crippen LogP contribution in [0.4, 0.5) is 9.18 Å². The number of amides is 4. The first-order chi connectivity index (χ1) is 15.3. The Morgan fingerprint density at radius 3 is 2.44 bits per heavy atom. The molecule has 8 heteroatoms. The number of aryl methyl sites for hydroxylation is 1. The van der Waals surface area contributed by atoms with Gasteiger partial charge in [0.05, 0.1) is 6.54 Å². The Hall–Kier alpha value is -4.20. The Labute approximate surface area is 183 Å². The molecule has 0 aliphatic carbocycles. The predicted octanol–water partition coefficient (Wildman–Crippen LogP) is 3.43. The fourth-order valence-corrected chi connectivity index (χ4v) is 3.77. The van der Waals surface area contributed by atoms with Crippen molar-refractivity contribution in [1.82, 2.24) is 14.8 Å². The molecule has 7 nitrogen and oxygen atoms in total. The lowest BCUT2D eigenvalue weighted by molar-refractivity contribution is -0.123. The molecule has 1 saturated heterocycles. The number of rotatable bonds is 5. The minimum absolute atomic E-state index is 0.121. The van der Waals surface area contributed by atoms with Crippen molar-refractivity contribution in [3.63, 3.8) is 0 Å². The van der Waals surface area contributed by atoms with Crippen molar-refractivity contribution in [2.24, 2.45) is 5.73 Å². The Kier molecular flexibility index (Phi) is 5.36. The number of primary amides is 1. The Morgan fingerprint density at radius 2 is 1.78 bits per heavy atom. The zero-order chi connectivity index (χ0) is 23.0. The fraction of sp³-hybridized carbons (Fsp3) is 0.125. The van der Waals surface area contributed by atoms with E-state index < -0.39 is 23.7 Å². The summed E-state index contributed by atoms with van der Waals surface area (Å²) in [6, 6.07) is 14.2. The number of nitrogens with one attached hydrogen (secondary N) is 1. The average Bonchev–Trinajstić information content (AvgIpc) is 3.19. The normalized spacial score (nSPS) is 14.8. The summed E-state index contributed by atoms with van der Waals surface area (Å²) in [4.78, 5) is 37.5. The van der Waals surface area contributed by atoms with Gasteiger partial charge in [0.1, 0.15) is 11.5 Å². The highest BCUT2D eigenvalue weighted by Crippen LogP contribution is 2.25. The third-order valence-corrected chi connectivity index (χ3v) is 5.43.